The number of fused-ring (bicyclic) bond motifs is 1. The van der Waals surface area contributed by atoms with Crippen molar-refractivity contribution in [2.75, 3.05) is 62.0 Å². The summed E-state index contributed by atoms with van der Waals surface area (Å²) in [5, 5.41) is 7.46. The van der Waals surface area contributed by atoms with Gasteiger partial charge in [0.2, 0.25) is 0 Å². The van der Waals surface area contributed by atoms with E-state index < -0.39 is 0 Å². The predicted octanol–water partition coefficient (Wildman–Crippen LogP) is 4.73. The highest BCUT2D eigenvalue weighted by Crippen LogP contribution is 2.35. The molecule has 2 N–H and O–H groups in total. The zero-order chi connectivity index (χ0) is 29.3. The van der Waals surface area contributed by atoms with Crippen molar-refractivity contribution in [3.63, 3.8) is 0 Å². The van der Waals surface area contributed by atoms with Gasteiger partial charge in [0, 0.05) is 50.5 Å². The molecule has 1 amide bonds. The summed E-state index contributed by atoms with van der Waals surface area (Å²) in [4.78, 5) is 30.3. The zero-order valence-electron chi connectivity index (χ0n) is 23.6. The number of hydrogen-bond donors (Lipinski definition) is 2. The number of morpholine rings is 1. The number of anilines is 4. The molecule has 0 saturated carbocycles. The van der Waals surface area contributed by atoms with E-state index in [0.29, 0.717) is 28.9 Å². The van der Waals surface area contributed by atoms with Gasteiger partial charge in [0.25, 0.3) is 5.91 Å². The molecule has 0 radical (unpaired) electrons. The van der Waals surface area contributed by atoms with E-state index in [2.05, 4.69) is 47.2 Å². The van der Waals surface area contributed by atoms with Crippen molar-refractivity contribution in [3.05, 3.63) is 71.8 Å². The minimum absolute atomic E-state index is 0.310. The molecule has 0 atom stereocenters. The van der Waals surface area contributed by atoms with Gasteiger partial charge in [-0.2, -0.15) is 0 Å². The summed E-state index contributed by atoms with van der Waals surface area (Å²) in [6.45, 7) is 6.88. The number of rotatable bonds is 10. The highest BCUT2D eigenvalue weighted by molar-refractivity contribution is 6.32. The molecule has 1 saturated heterocycles. The molecule has 0 aliphatic carbocycles. The van der Waals surface area contributed by atoms with E-state index in [-0.39, 0.29) is 5.91 Å². The number of amides is 1. The number of likely N-dealkylation sites (N-methyl/N-ethyl adjacent to an activating group) is 1. The van der Waals surface area contributed by atoms with Crippen LogP contribution in [0.4, 0.5) is 22.9 Å². The molecule has 2 aromatic carbocycles. The Morgan fingerprint density at radius 2 is 2.00 bits per heavy atom. The van der Waals surface area contributed by atoms with Crippen molar-refractivity contribution >= 4 is 51.3 Å². The van der Waals surface area contributed by atoms with Gasteiger partial charge >= 0.3 is 0 Å². The number of nitrogens with one attached hydrogen (secondary N) is 2. The van der Waals surface area contributed by atoms with Gasteiger partial charge in [0.1, 0.15) is 24.5 Å². The number of halogens is 1. The first kappa shape index (κ1) is 29.1. The average Bonchev–Trinajstić information content (AvgIpc) is 3.00. The summed E-state index contributed by atoms with van der Waals surface area (Å²) in [5.41, 5.74) is 3.71. The van der Waals surface area contributed by atoms with Crippen molar-refractivity contribution in [3.8, 4) is 17.6 Å². The third-order valence-electron chi connectivity index (χ3n) is 6.80. The highest BCUT2D eigenvalue weighted by Gasteiger charge is 2.17. The van der Waals surface area contributed by atoms with Gasteiger partial charge in [-0.25, -0.2) is 9.97 Å². The summed E-state index contributed by atoms with van der Waals surface area (Å²) in [7, 11) is 2.00. The van der Waals surface area contributed by atoms with Crippen molar-refractivity contribution in [2.24, 2.45) is 0 Å². The van der Waals surface area contributed by atoms with Gasteiger partial charge in [0.05, 0.1) is 40.8 Å². The number of carbonyl (C=O) groups excluding carboxylic acids is 1. The van der Waals surface area contributed by atoms with E-state index in [1.165, 1.54) is 6.33 Å². The Kier molecular flexibility index (Phi) is 9.66. The third-order valence-corrected chi connectivity index (χ3v) is 7.10. The van der Waals surface area contributed by atoms with E-state index in [4.69, 9.17) is 21.1 Å². The molecule has 2 aromatic heterocycles. The van der Waals surface area contributed by atoms with Crippen LogP contribution in [0.15, 0.2) is 61.1 Å². The molecule has 11 heteroatoms. The smallest absolute Gasteiger partial charge is 0.300 e. The van der Waals surface area contributed by atoms with Gasteiger partial charge in [-0.1, -0.05) is 23.6 Å². The summed E-state index contributed by atoms with van der Waals surface area (Å²) < 4.78 is 11.3. The maximum absolute atomic E-state index is 12.5. The van der Waals surface area contributed by atoms with E-state index in [1.54, 1.807) is 25.3 Å². The van der Waals surface area contributed by atoms with E-state index >= 15 is 0 Å². The molecular weight excluding hydrogens is 554 g/mol. The van der Waals surface area contributed by atoms with Crippen molar-refractivity contribution < 1.29 is 14.3 Å². The Morgan fingerprint density at radius 3 is 2.76 bits per heavy atom. The maximum Gasteiger partial charge on any atom is 0.300 e. The number of hydrogen-bond acceptors (Lipinski definition) is 9. The summed E-state index contributed by atoms with van der Waals surface area (Å²) >= 11 is 6.54. The lowest BCUT2D eigenvalue weighted by molar-refractivity contribution is -0.111. The molecule has 4 aromatic rings. The maximum atomic E-state index is 12.5. The zero-order valence-corrected chi connectivity index (χ0v) is 24.3. The Morgan fingerprint density at radius 1 is 1.14 bits per heavy atom. The van der Waals surface area contributed by atoms with Crippen molar-refractivity contribution in [2.45, 2.75) is 13.5 Å². The number of aromatic nitrogens is 3. The van der Waals surface area contributed by atoms with Crippen LogP contribution in [0.3, 0.4) is 0 Å². The van der Waals surface area contributed by atoms with Crippen LogP contribution in [0.5, 0.6) is 5.75 Å². The fourth-order valence-electron chi connectivity index (χ4n) is 4.58. The summed E-state index contributed by atoms with van der Waals surface area (Å²) in [6.07, 6.45) is 3.23. The molecule has 0 spiro atoms. The molecule has 1 aliphatic heterocycles. The topological polar surface area (TPSA) is 105 Å². The van der Waals surface area contributed by atoms with Gasteiger partial charge in [-0.3, -0.25) is 14.7 Å². The van der Waals surface area contributed by atoms with Crippen LogP contribution in [-0.2, 0) is 16.1 Å². The van der Waals surface area contributed by atoms with Gasteiger partial charge in [0.15, 0.2) is 0 Å². The molecule has 10 nitrogen and oxygen atoms in total. The van der Waals surface area contributed by atoms with Gasteiger partial charge in [-0.05, 0) is 55.3 Å². The number of carbonyl (C=O) groups is 1. The second-order valence-electron chi connectivity index (χ2n) is 9.69. The lowest BCUT2D eigenvalue weighted by atomic mass is 10.1. The Hall–Kier alpha value is -4.43. The average molecular weight is 586 g/mol. The van der Waals surface area contributed by atoms with E-state index in [9.17, 15) is 4.79 Å². The summed E-state index contributed by atoms with van der Waals surface area (Å²) in [5.74, 6) is 5.94. The van der Waals surface area contributed by atoms with Crippen LogP contribution in [0.25, 0.3) is 10.9 Å². The largest absolute Gasteiger partial charge is 0.486 e. The fraction of sp³-hybridized carbons (Fsp3) is 0.290. The molecule has 5 rings (SSSR count). The van der Waals surface area contributed by atoms with Gasteiger partial charge < -0.3 is 25.0 Å². The second kappa shape index (κ2) is 14.0. The quantitative estimate of drug-likeness (QED) is 0.256. The van der Waals surface area contributed by atoms with Crippen LogP contribution in [0.2, 0.25) is 5.02 Å². The van der Waals surface area contributed by atoms with Crippen LogP contribution in [-0.4, -0.2) is 72.2 Å². The molecular formula is C31H32ClN7O3. The molecule has 1 aliphatic rings. The Balaban J connectivity index is 1.38. The lowest BCUT2D eigenvalue weighted by Crippen LogP contribution is -2.40. The normalized spacial score (nSPS) is 13.2. The van der Waals surface area contributed by atoms with Crippen molar-refractivity contribution in [1.29, 1.82) is 0 Å². The molecule has 3 heterocycles. The Labute approximate surface area is 250 Å². The molecule has 42 heavy (non-hydrogen) atoms. The number of benzene rings is 2. The lowest BCUT2D eigenvalue weighted by Gasteiger charge is -2.30. The monoisotopic (exact) mass is 585 g/mol. The fourth-order valence-corrected chi connectivity index (χ4v) is 4.81. The van der Waals surface area contributed by atoms with Crippen molar-refractivity contribution in [1.82, 2.24) is 19.9 Å². The standard InChI is InChI=1S/C31H32ClN7O3/c1-3-6-30(40)37-27-18-24-26(19-28(27)38(2)11-12-39-13-15-41-16-14-39)34-21-35-31(24)36-22-8-9-29(25(32)17-22)42-20-23-7-4-5-10-33-23/h4-5,7-10,17-19,21H,11-16,20H2,1-2H3,(H,37,40)(H,34,35,36). The highest BCUT2D eigenvalue weighted by atomic mass is 35.5. The minimum atomic E-state index is -0.390. The number of ether oxygens (including phenoxy) is 2. The predicted molar refractivity (Wildman–Crippen MR) is 165 cm³/mol. The third kappa shape index (κ3) is 7.44. The molecule has 1 fully saturated rings. The van der Waals surface area contributed by atoms with E-state index in [1.807, 2.05) is 43.4 Å². The molecule has 0 unspecified atom stereocenters. The van der Waals surface area contributed by atoms with Crippen LogP contribution in [0, 0.1) is 11.8 Å². The Bertz CT molecular complexity index is 1600. The summed E-state index contributed by atoms with van der Waals surface area (Å²) in [6, 6.07) is 14.9. The van der Waals surface area contributed by atoms with Gasteiger partial charge in [-0.15, -0.1) is 0 Å². The first-order valence-corrected chi connectivity index (χ1v) is 14.0. The number of pyridine rings is 1. The van der Waals surface area contributed by atoms with Crippen LogP contribution >= 0.6 is 11.6 Å². The first-order chi connectivity index (χ1) is 20.5. The molecule has 216 valence electrons. The van der Waals surface area contributed by atoms with E-state index in [0.717, 1.165) is 67.4 Å². The number of nitrogens with zero attached hydrogens (tertiary/aromatic N) is 5. The van der Waals surface area contributed by atoms with Crippen LogP contribution in [0.1, 0.15) is 12.6 Å². The molecule has 0 bridgehead atoms. The minimum Gasteiger partial charge on any atom is -0.486 e. The first-order valence-electron chi connectivity index (χ1n) is 13.6. The second-order valence-corrected chi connectivity index (χ2v) is 10.1. The SMILES string of the molecule is CC#CC(=O)Nc1cc2c(Nc3ccc(OCc4ccccn4)c(Cl)c3)ncnc2cc1N(C)CCN1CCOCC1. The van der Waals surface area contributed by atoms with Crippen LogP contribution < -0.4 is 20.3 Å².